The molecule has 2 bridgehead atoms. The van der Waals surface area contributed by atoms with Gasteiger partial charge in [0.25, 0.3) is 0 Å². The van der Waals surface area contributed by atoms with Crippen LogP contribution in [0.15, 0.2) is 30.4 Å². The number of carboxylic acids is 1. The number of carboxylic acid groups (broad SMARTS) is 1. The molecule has 0 radical (unpaired) electrons. The van der Waals surface area contributed by atoms with Crippen LogP contribution in [0, 0.1) is 18.8 Å². The van der Waals surface area contributed by atoms with E-state index in [0.29, 0.717) is 5.82 Å². The van der Waals surface area contributed by atoms with Crippen LogP contribution in [0.5, 0.6) is 0 Å². The molecule has 0 aliphatic carbocycles. The molecular weight excluding hydrogens is 366 g/mol. The van der Waals surface area contributed by atoms with Crippen LogP contribution >= 0.6 is 0 Å². The second-order valence-electron chi connectivity index (χ2n) is 7.27. The van der Waals surface area contributed by atoms with Crippen molar-refractivity contribution in [3.8, 4) is 0 Å². The molecule has 2 fully saturated rings. The van der Waals surface area contributed by atoms with Crippen molar-refractivity contribution < 1.29 is 29.0 Å². The number of anilines is 1. The molecule has 0 unspecified atom stereocenters. The van der Waals surface area contributed by atoms with Crippen LogP contribution in [0.4, 0.5) is 5.82 Å². The van der Waals surface area contributed by atoms with Crippen LogP contribution < -0.4 is 5.32 Å². The van der Waals surface area contributed by atoms with E-state index in [1.165, 1.54) is 0 Å². The van der Waals surface area contributed by atoms with E-state index in [4.69, 9.17) is 9.84 Å². The summed E-state index contributed by atoms with van der Waals surface area (Å²) in [4.78, 5) is 53.5. The van der Waals surface area contributed by atoms with Crippen molar-refractivity contribution in [2.24, 2.45) is 11.8 Å². The van der Waals surface area contributed by atoms with E-state index in [0.717, 1.165) is 10.6 Å². The maximum absolute atomic E-state index is 12.7. The standard InChI is InChI=1S/C19H19N3O6/c1-10-3-2-4-12(20-10)21-13(23)6-8-19-7-5-11(28-19)15-16(19)18(27)22(17(15)26)9-14(24)25/h2-5,7,11,15-16H,6,8-9H2,1H3,(H,24,25)(H,20,21,23)/t11-,15-,16+,19-/m0/s1. The normalized spacial score (nSPS) is 30.0. The first-order valence-electron chi connectivity index (χ1n) is 8.98. The summed E-state index contributed by atoms with van der Waals surface area (Å²) in [5.41, 5.74) is -0.291. The Hall–Kier alpha value is -3.07. The first kappa shape index (κ1) is 18.3. The van der Waals surface area contributed by atoms with Gasteiger partial charge in [-0.05, 0) is 25.5 Å². The molecule has 3 aliphatic rings. The summed E-state index contributed by atoms with van der Waals surface area (Å²) in [5, 5.41) is 11.7. The summed E-state index contributed by atoms with van der Waals surface area (Å²) >= 11 is 0. The molecule has 1 aromatic heterocycles. The van der Waals surface area contributed by atoms with Crippen molar-refractivity contribution in [3.63, 3.8) is 0 Å². The average Bonchev–Trinajstić information content (AvgIpc) is 3.26. The Kier molecular flexibility index (Phi) is 4.26. The number of hydrogen-bond donors (Lipinski definition) is 2. The van der Waals surface area contributed by atoms with Gasteiger partial charge in [0.2, 0.25) is 17.7 Å². The first-order chi connectivity index (χ1) is 13.3. The van der Waals surface area contributed by atoms with Gasteiger partial charge in [0.1, 0.15) is 18.0 Å². The number of ether oxygens (including phenoxy) is 1. The summed E-state index contributed by atoms with van der Waals surface area (Å²) < 4.78 is 5.92. The van der Waals surface area contributed by atoms with Crippen LogP contribution in [0.3, 0.4) is 0 Å². The third-order valence-electron chi connectivity index (χ3n) is 5.44. The smallest absolute Gasteiger partial charge is 0.323 e. The van der Waals surface area contributed by atoms with Gasteiger partial charge < -0.3 is 15.2 Å². The number of nitrogens with one attached hydrogen (secondary N) is 1. The molecule has 0 saturated carbocycles. The third kappa shape index (κ3) is 2.88. The van der Waals surface area contributed by atoms with Crippen molar-refractivity contribution in [1.29, 1.82) is 0 Å². The number of aromatic nitrogens is 1. The summed E-state index contributed by atoms with van der Waals surface area (Å²) in [7, 11) is 0. The first-order valence-corrected chi connectivity index (χ1v) is 8.98. The fourth-order valence-electron chi connectivity index (χ4n) is 4.27. The predicted molar refractivity (Wildman–Crippen MR) is 94.9 cm³/mol. The molecule has 3 amide bonds. The van der Waals surface area contributed by atoms with E-state index in [1.54, 1.807) is 24.3 Å². The Balaban J connectivity index is 1.47. The molecule has 146 valence electrons. The van der Waals surface area contributed by atoms with Gasteiger partial charge >= 0.3 is 5.97 Å². The molecule has 2 N–H and O–H groups in total. The number of rotatable bonds is 6. The quantitative estimate of drug-likeness (QED) is 0.539. The Morgan fingerprint density at radius 2 is 2.11 bits per heavy atom. The molecule has 0 aromatic carbocycles. The Labute approximate surface area is 160 Å². The van der Waals surface area contributed by atoms with Crippen LogP contribution in [-0.4, -0.2) is 56.9 Å². The molecule has 9 nitrogen and oxygen atoms in total. The number of amides is 3. The van der Waals surface area contributed by atoms with Crippen LogP contribution in [0.2, 0.25) is 0 Å². The maximum atomic E-state index is 12.7. The second-order valence-corrected chi connectivity index (χ2v) is 7.27. The zero-order chi connectivity index (χ0) is 20.1. The SMILES string of the molecule is Cc1cccc(NC(=O)CC[C@]23C=C[C@H](O2)[C@@H]2C(=O)N(CC(=O)O)C(=O)[C@@H]23)n1. The number of carbonyl (C=O) groups excluding carboxylic acids is 3. The summed E-state index contributed by atoms with van der Waals surface area (Å²) in [6.45, 7) is 1.16. The lowest BCUT2D eigenvalue weighted by Gasteiger charge is -2.28. The van der Waals surface area contributed by atoms with Crippen molar-refractivity contribution in [2.75, 3.05) is 11.9 Å². The highest BCUT2D eigenvalue weighted by atomic mass is 16.5. The number of imide groups is 1. The Morgan fingerprint density at radius 3 is 2.82 bits per heavy atom. The van der Waals surface area contributed by atoms with Crippen molar-refractivity contribution in [2.45, 2.75) is 31.5 Å². The third-order valence-corrected chi connectivity index (χ3v) is 5.44. The highest BCUT2D eigenvalue weighted by Crippen LogP contribution is 2.53. The molecule has 4 heterocycles. The highest BCUT2D eigenvalue weighted by Gasteiger charge is 2.67. The predicted octanol–water partition coefficient (Wildman–Crippen LogP) is 0.502. The molecule has 4 atom stereocenters. The number of nitrogens with zero attached hydrogens (tertiary/aromatic N) is 2. The lowest BCUT2D eigenvalue weighted by molar-refractivity contribution is -0.152. The number of aryl methyl sites for hydroxylation is 1. The van der Waals surface area contributed by atoms with E-state index >= 15 is 0 Å². The van der Waals surface area contributed by atoms with Gasteiger partial charge in [0.15, 0.2) is 0 Å². The topological polar surface area (TPSA) is 126 Å². The maximum Gasteiger partial charge on any atom is 0.323 e. The van der Waals surface area contributed by atoms with Gasteiger partial charge in [0, 0.05) is 12.1 Å². The summed E-state index contributed by atoms with van der Waals surface area (Å²) in [6.07, 6.45) is 3.15. The van der Waals surface area contributed by atoms with Crippen molar-refractivity contribution in [3.05, 3.63) is 36.0 Å². The van der Waals surface area contributed by atoms with E-state index in [9.17, 15) is 19.2 Å². The number of hydrogen-bond acceptors (Lipinski definition) is 6. The van der Waals surface area contributed by atoms with Gasteiger partial charge in [-0.2, -0.15) is 0 Å². The van der Waals surface area contributed by atoms with Gasteiger partial charge in [0.05, 0.1) is 17.9 Å². The fraction of sp³-hybridized carbons (Fsp3) is 0.421. The number of likely N-dealkylation sites (tertiary alicyclic amines) is 1. The molecule has 3 aliphatic heterocycles. The Morgan fingerprint density at radius 1 is 1.32 bits per heavy atom. The summed E-state index contributed by atoms with van der Waals surface area (Å²) in [6, 6.07) is 5.28. The lowest BCUT2D eigenvalue weighted by Crippen LogP contribution is -2.42. The van der Waals surface area contributed by atoms with Gasteiger partial charge in [-0.1, -0.05) is 18.2 Å². The Bertz CT molecular complexity index is 913. The minimum Gasteiger partial charge on any atom is -0.480 e. The molecule has 1 aromatic rings. The molecule has 28 heavy (non-hydrogen) atoms. The number of aliphatic carboxylic acids is 1. The van der Waals surface area contributed by atoms with Gasteiger partial charge in [-0.3, -0.25) is 24.1 Å². The number of carbonyl (C=O) groups is 4. The fourth-order valence-corrected chi connectivity index (χ4v) is 4.27. The zero-order valence-electron chi connectivity index (χ0n) is 15.1. The average molecular weight is 385 g/mol. The number of pyridine rings is 1. The van der Waals surface area contributed by atoms with Crippen LogP contribution in [-0.2, 0) is 23.9 Å². The minimum absolute atomic E-state index is 0.0658. The van der Waals surface area contributed by atoms with Crippen molar-refractivity contribution in [1.82, 2.24) is 9.88 Å². The van der Waals surface area contributed by atoms with Crippen LogP contribution in [0.1, 0.15) is 18.5 Å². The van der Waals surface area contributed by atoms with Crippen LogP contribution in [0.25, 0.3) is 0 Å². The van der Waals surface area contributed by atoms with Gasteiger partial charge in [-0.15, -0.1) is 0 Å². The number of fused-ring (bicyclic) bond motifs is 5. The zero-order valence-corrected chi connectivity index (χ0v) is 15.1. The molecule has 2 saturated heterocycles. The molecular formula is C19H19N3O6. The van der Waals surface area contributed by atoms with E-state index in [-0.39, 0.29) is 18.7 Å². The molecule has 0 spiro atoms. The van der Waals surface area contributed by atoms with E-state index < -0.39 is 47.9 Å². The highest BCUT2D eigenvalue weighted by molar-refractivity contribution is 6.08. The molecule has 9 heteroatoms. The van der Waals surface area contributed by atoms with E-state index in [2.05, 4.69) is 10.3 Å². The molecule has 4 rings (SSSR count). The lowest BCUT2D eigenvalue weighted by atomic mass is 9.75. The largest absolute Gasteiger partial charge is 0.480 e. The second kappa shape index (κ2) is 6.52. The van der Waals surface area contributed by atoms with Crippen molar-refractivity contribution >= 4 is 29.5 Å². The van der Waals surface area contributed by atoms with E-state index in [1.807, 2.05) is 13.0 Å². The summed E-state index contributed by atoms with van der Waals surface area (Å²) in [5.74, 6) is -3.69. The van der Waals surface area contributed by atoms with Gasteiger partial charge in [-0.25, -0.2) is 4.98 Å². The minimum atomic E-state index is -1.25. The monoisotopic (exact) mass is 385 g/mol.